The number of rotatable bonds is 3. The molecule has 134 valence electrons. The van der Waals surface area contributed by atoms with Crippen LogP contribution < -0.4 is 14.9 Å². The summed E-state index contributed by atoms with van der Waals surface area (Å²) < 4.78 is 24.9. The Kier molecular flexibility index (Phi) is 5.78. The summed E-state index contributed by atoms with van der Waals surface area (Å²) in [6.45, 7) is 3.52. The van der Waals surface area contributed by atoms with Crippen LogP contribution in [-0.4, -0.2) is 45.8 Å². The van der Waals surface area contributed by atoms with Gasteiger partial charge in [0.05, 0.1) is 11.9 Å². The van der Waals surface area contributed by atoms with E-state index >= 15 is 0 Å². The Morgan fingerprint density at radius 2 is 2.12 bits per heavy atom. The number of hydrogen-bond acceptors (Lipinski definition) is 4. The van der Waals surface area contributed by atoms with Gasteiger partial charge in [-0.05, 0) is 56.5 Å². The second-order valence-corrected chi connectivity index (χ2v) is 8.30. The summed E-state index contributed by atoms with van der Waals surface area (Å²) in [5.41, 5.74) is 2.20. The number of amides is 1. The normalized spacial score (nSPS) is 23.3. The number of nitrogens with one attached hydrogen (secondary N) is 2. The van der Waals surface area contributed by atoms with Crippen LogP contribution in [0.1, 0.15) is 35.7 Å². The molecule has 1 saturated heterocycles. The highest BCUT2D eigenvalue weighted by molar-refractivity contribution is 7.92. The molecule has 1 amide bonds. The van der Waals surface area contributed by atoms with Crippen LogP contribution in [0.4, 0.5) is 5.69 Å². The average Bonchev–Trinajstić information content (AvgIpc) is 2.92. The summed E-state index contributed by atoms with van der Waals surface area (Å²) in [6.07, 6.45) is 3.89. The van der Waals surface area contributed by atoms with Gasteiger partial charge in [0.25, 0.3) is 5.91 Å². The SMILES string of the molecule is CC1NCCCC1NC(=O)c1ccc2c(c1)CCN2S(C)(=O)=O.Cl. The third-order valence-corrected chi connectivity index (χ3v) is 5.85. The first-order valence-corrected chi connectivity index (χ1v) is 9.86. The predicted molar refractivity (Wildman–Crippen MR) is 97.5 cm³/mol. The van der Waals surface area contributed by atoms with E-state index in [1.807, 2.05) is 6.07 Å². The van der Waals surface area contributed by atoms with Crippen molar-refractivity contribution in [1.29, 1.82) is 0 Å². The molecule has 24 heavy (non-hydrogen) atoms. The molecular formula is C16H24ClN3O3S. The van der Waals surface area contributed by atoms with Gasteiger partial charge in [0.2, 0.25) is 10.0 Å². The third-order valence-electron chi connectivity index (χ3n) is 4.67. The van der Waals surface area contributed by atoms with Crippen LogP contribution >= 0.6 is 12.4 Å². The molecule has 0 spiro atoms. The van der Waals surface area contributed by atoms with Gasteiger partial charge in [-0.3, -0.25) is 9.10 Å². The fraction of sp³-hybridized carbons (Fsp3) is 0.562. The molecular weight excluding hydrogens is 350 g/mol. The van der Waals surface area contributed by atoms with Crippen LogP contribution in [-0.2, 0) is 16.4 Å². The Morgan fingerprint density at radius 3 is 2.79 bits per heavy atom. The molecule has 2 unspecified atom stereocenters. The standard InChI is InChI=1S/C16H23N3O3S.ClH/c1-11-14(4-3-8-17-11)18-16(20)13-5-6-15-12(10-13)7-9-19(15)23(2,21)22;/h5-6,10-11,14,17H,3-4,7-9H2,1-2H3,(H,18,20);1H. The molecule has 1 aromatic rings. The van der Waals surface area contributed by atoms with E-state index in [0.29, 0.717) is 24.2 Å². The number of carbonyl (C=O) groups is 1. The number of carbonyl (C=O) groups excluding carboxylic acids is 1. The van der Waals surface area contributed by atoms with E-state index in [4.69, 9.17) is 0 Å². The maximum absolute atomic E-state index is 12.5. The number of benzene rings is 1. The van der Waals surface area contributed by atoms with Gasteiger partial charge < -0.3 is 10.6 Å². The number of nitrogens with zero attached hydrogens (tertiary/aromatic N) is 1. The van der Waals surface area contributed by atoms with Gasteiger partial charge in [0.15, 0.2) is 0 Å². The molecule has 1 aromatic carbocycles. The van der Waals surface area contributed by atoms with E-state index in [-0.39, 0.29) is 30.4 Å². The lowest BCUT2D eigenvalue weighted by atomic mass is 9.99. The summed E-state index contributed by atoms with van der Waals surface area (Å²) in [4.78, 5) is 12.5. The molecule has 2 atom stereocenters. The maximum atomic E-state index is 12.5. The van der Waals surface area contributed by atoms with Crippen molar-refractivity contribution in [3.63, 3.8) is 0 Å². The molecule has 0 radical (unpaired) electrons. The molecule has 2 aliphatic rings. The van der Waals surface area contributed by atoms with Crippen molar-refractivity contribution in [2.75, 3.05) is 23.7 Å². The quantitative estimate of drug-likeness (QED) is 0.837. The van der Waals surface area contributed by atoms with Crippen LogP contribution in [0.25, 0.3) is 0 Å². The highest BCUT2D eigenvalue weighted by Crippen LogP contribution is 2.30. The van der Waals surface area contributed by atoms with Gasteiger partial charge >= 0.3 is 0 Å². The minimum absolute atomic E-state index is 0. The van der Waals surface area contributed by atoms with Crippen molar-refractivity contribution in [1.82, 2.24) is 10.6 Å². The van der Waals surface area contributed by atoms with Crippen molar-refractivity contribution in [2.24, 2.45) is 0 Å². The number of anilines is 1. The molecule has 0 aliphatic carbocycles. The van der Waals surface area contributed by atoms with Crippen molar-refractivity contribution in [3.05, 3.63) is 29.3 Å². The van der Waals surface area contributed by atoms with E-state index in [0.717, 1.165) is 24.9 Å². The lowest BCUT2D eigenvalue weighted by Gasteiger charge is -2.30. The minimum Gasteiger partial charge on any atom is -0.348 e. The number of piperidine rings is 1. The Balaban J connectivity index is 0.00000208. The van der Waals surface area contributed by atoms with Crippen LogP contribution in [0.2, 0.25) is 0 Å². The van der Waals surface area contributed by atoms with Crippen LogP contribution in [0, 0.1) is 0 Å². The molecule has 1 fully saturated rings. The topological polar surface area (TPSA) is 78.5 Å². The summed E-state index contributed by atoms with van der Waals surface area (Å²) >= 11 is 0. The van der Waals surface area contributed by atoms with Crippen molar-refractivity contribution in [2.45, 2.75) is 38.3 Å². The minimum atomic E-state index is -3.25. The van der Waals surface area contributed by atoms with Crippen molar-refractivity contribution >= 4 is 34.0 Å². The first-order valence-electron chi connectivity index (χ1n) is 8.01. The summed E-state index contributed by atoms with van der Waals surface area (Å²) in [5.74, 6) is -0.0915. The zero-order valence-electron chi connectivity index (χ0n) is 13.9. The van der Waals surface area contributed by atoms with Gasteiger partial charge in [0, 0.05) is 24.2 Å². The predicted octanol–water partition coefficient (Wildman–Crippen LogP) is 1.30. The van der Waals surface area contributed by atoms with Crippen LogP contribution in [0.3, 0.4) is 0 Å². The number of fused-ring (bicyclic) bond motifs is 1. The highest BCUT2D eigenvalue weighted by Gasteiger charge is 2.28. The van der Waals surface area contributed by atoms with E-state index in [1.165, 1.54) is 10.6 Å². The van der Waals surface area contributed by atoms with Crippen LogP contribution in [0.15, 0.2) is 18.2 Å². The molecule has 0 bridgehead atoms. The molecule has 8 heteroatoms. The number of halogens is 1. The Morgan fingerprint density at radius 1 is 1.38 bits per heavy atom. The van der Waals surface area contributed by atoms with Gasteiger partial charge in [0.1, 0.15) is 0 Å². The summed E-state index contributed by atoms with van der Waals surface area (Å²) in [5, 5.41) is 6.45. The monoisotopic (exact) mass is 373 g/mol. The molecule has 3 rings (SSSR count). The molecule has 2 N–H and O–H groups in total. The molecule has 2 aliphatic heterocycles. The van der Waals surface area contributed by atoms with Gasteiger partial charge in [-0.2, -0.15) is 0 Å². The number of sulfonamides is 1. The Hall–Kier alpha value is -1.31. The van der Waals surface area contributed by atoms with E-state index in [9.17, 15) is 13.2 Å². The second kappa shape index (κ2) is 7.29. The zero-order valence-corrected chi connectivity index (χ0v) is 15.5. The number of hydrogen-bond donors (Lipinski definition) is 2. The Labute approximate surface area is 149 Å². The molecule has 6 nitrogen and oxygen atoms in total. The second-order valence-electron chi connectivity index (χ2n) is 6.39. The van der Waals surface area contributed by atoms with E-state index in [2.05, 4.69) is 17.6 Å². The van der Waals surface area contributed by atoms with Crippen LogP contribution in [0.5, 0.6) is 0 Å². The summed E-state index contributed by atoms with van der Waals surface area (Å²) in [7, 11) is -3.25. The van der Waals surface area contributed by atoms with Gasteiger partial charge in [-0.15, -0.1) is 12.4 Å². The van der Waals surface area contributed by atoms with Crippen molar-refractivity contribution < 1.29 is 13.2 Å². The average molecular weight is 374 g/mol. The highest BCUT2D eigenvalue weighted by atomic mass is 35.5. The molecule has 0 saturated carbocycles. The fourth-order valence-electron chi connectivity index (χ4n) is 3.35. The Bertz CT molecular complexity index is 723. The first-order chi connectivity index (χ1) is 10.9. The smallest absolute Gasteiger partial charge is 0.251 e. The van der Waals surface area contributed by atoms with Gasteiger partial charge in [-0.1, -0.05) is 0 Å². The fourth-order valence-corrected chi connectivity index (χ4v) is 4.31. The largest absolute Gasteiger partial charge is 0.348 e. The maximum Gasteiger partial charge on any atom is 0.251 e. The molecule has 2 heterocycles. The van der Waals surface area contributed by atoms with E-state index in [1.54, 1.807) is 12.1 Å². The lowest BCUT2D eigenvalue weighted by Crippen LogP contribution is -2.51. The summed E-state index contributed by atoms with van der Waals surface area (Å²) in [6, 6.07) is 5.66. The lowest BCUT2D eigenvalue weighted by molar-refractivity contribution is 0.0920. The third kappa shape index (κ3) is 3.84. The van der Waals surface area contributed by atoms with Crippen molar-refractivity contribution in [3.8, 4) is 0 Å². The zero-order chi connectivity index (χ0) is 16.6. The van der Waals surface area contributed by atoms with E-state index < -0.39 is 10.0 Å². The first kappa shape index (κ1) is 19.0. The molecule has 0 aromatic heterocycles. The van der Waals surface area contributed by atoms with Gasteiger partial charge in [-0.25, -0.2) is 8.42 Å².